The van der Waals surface area contributed by atoms with Crippen molar-refractivity contribution in [3.8, 4) is 0 Å². The minimum absolute atomic E-state index is 0.0248. The third-order valence-electron chi connectivity index (χ3n) is 8.65. The summed E-state index contributed by atoms with van der Waals surface area (Å²) in [5.41, 5.74) is 3.12. The number of halogens is 1. The highest BCUT2D eigenvalue weighted by Crippen LogP contribution is 2.45. The third kappa shape index (κ3) is 5.72. The molecule has 4 unspecified atom stereocenters. The monoisotopic (exact) mass is 557 g/mol. The number of rotatable bonds is 6. The molecule has 2 N–H and O–H groups in total. The fourth-order valence-electron chi connectivity index (χ4n) is 6.54. The number of likely N-dealkylation sites (tertiary alicyclic amines) is 1. The molecule has 3 aromatic rings. The first kappa shape index (κ1) is 27.4. The average molecular weight is 558 g/mol. The van der Waals surface area contributed by atoms with Crippen LogP contribution in [0.4, 0.5) is 15.8 Å². The Hall–Kier alpha value is -3.75. The zero-order chi connectivity index (χ0) is 28.3. The number of fused-ring (bicyclic) bond motifs is 1. The highest BCUT2D eigenvalue weighted by atomic mass is 19.1. The second kappa shape index (κ2) is 12.0. The lowest BCUT2D eigenvalue weighted by Crippen LogP contribution is -2.55. The number of amides is 2. The van der Waals surface area contributed by atoms with E-state index in [9.17, 15) is 9.59 Å². The van der Waals surface area contributed by atoms with Gasteiger partial charge in [-0.3, -0.25) is 9.59 Å². The van der Waals surface area contributed by atoms with Crippen LogP contribution in [0.25, 0.3) is 0 Å². The number of nitrogens with one attached hydrogen (secondary N) is 2. The Kier molecular flexibility index (Phi) is 8.03. The van der Waals surface area contributed by atoms with E-state index in [0.29, 0.717) is 36.9 Å². The Balaban J connectivity index is 1.38. The fourth-order valence-corrected chi connectivity index (χ4v) is 6.54. The van der Waals surface area contributed by atoms with E-state index in [0.717, 1.165) is 37.3 Å². The van der Waals surface area contributed by atoms with Crippen LogP contribution in [0.3, 0.4) is 0 Å². The lowest BCUT2D eigenvalue weighted by molar-refractivity contribution is -0.124. The van der Waals surface area contributed by atoms with Gasteiger partial charge in [0, 0.05) is 36.5 Å². The van der Waals surface area contributed by atoms with E-state index in [2.05, 4.69) is 10.6 Å². The molecule has 6 rings (SSSR count). The molecule has 3 aliphatic heterocycles. The Morgan fingerprint density at radius 2 is 1.63 bits per heavy atom. The molecule has 0 aliphatic carbocycles. The standard InChI is InChI=1S/C33H36FN3O4/c1-21-6-5-9-28(34)30(21)33(39)37-29-20-41-19-23(29)18-27(32(38)36-24-7-3-2-4-8-24)31(37)22-10-12-25(13-11-22)35-26-14-16-40-17-15-26/h2-13,23,26-27,29,31,35H,14-20H2,1H3,(H,36,38). The van der Waals surface area contributed by atoms with E-state index < -0.39 is 23.7 Å². The maximum absolute atomic E-state index is 15.2. The normalized spacial score (nSPS) is 24.5. The zero-order valence-electron chi connectivity index (χ0n) is 23.2. The maximum atomic E-state index is 15.2. The molecule has 3 fully saturated rings. The molecule has 4 atom stereocenters. The van der Waals surface area contributed by atoms with Crippen LogP contribution in [-0.4, -0.2) is 55.2 Å². The average Bonchev–Trinajstić information content (AvgIpc) is 3.46. The van der Waals surface area contributed by atoms with E-state index in [1.165, 1.54) is 6.07 Å². The van der Waals surface area contributed by atoms with Gasteiger partial charge in [-0.05, 0) is 67.6 Å². The van der Waals surface area contributed by atoms with E-state index in [-0.39, 0.29) is 23.4 Å². The Bertz CT molecular complexity index is 1360. The van der Waals surface area contributed by atoms with Crippen molar-refractivity contribution in [3.63, 3.8) is 0 Å². The predicted molar refractivity (Wildman–Crippen MR) is 155 cm³/mol. The predicted octanol–water partition coefficient (Wildman–Crippen LogP) is 5.58. The summed E-state index contributed by atoms with van der Waals surface area (Å²) in [6, 6.07) is 21.5. The number of carbonyl (C=O) groups is 2. The number of benzene rings is 3. The van der Waals surface area contributed by atoms with E-state index in [4.69, 9.17) is 9.47 Å². The van der Waals surface area contributed by atoms with Crippen LogP contribution in [0.5, 0.6) is 0 Å². The summed E-state index contributed by atoms with van der Waals surface area (Å²) in [4.78, 5) is 30.0. The molecule has 214 valence electrons. The van der Waals surface area contributed by atoms with Crippen LogP contribution < -0.4 is 10.6 Å². The van der Waals surface area contributed by atoms with Crippen molar-refractivity contribution in [2.24, 2.45) is 11.8 Å². The summed E-state index contributed by atoms with van der Waals surface area (Å²) in [5.74, 6) is -1.71. The van der Waals surface area contributed by atoms with E-state index >= 15 is 4.39 Å². The molecule has 2 amide bonds. The highest BCUT2D eigenvalue weighted by Gasteiger charge is 2.51. The molecule has 7 nitrogen and oxygen atoms in total. The molecule has 0 bridgehead atoms. The van der Waals surface area contributed by atoms with E-state index in [1.807, 2.05) is 54.6 Å². The molecule has 0 aromatic heterocycles. The maximum Gasteiger partial charge on any atom is 0.257 e. The van der Waals surface area contributed by atoms with Gasteiger partial charge in [0.1, 0.15) is 5.82 Å². The summed E-state index contributed by atoms with van der Waals surface area (Å²) in [5, 5.41) is 6.64. The Morgan fingerprint density at radius 1 is 0.878 bits per heavy atom. The molecule has 8 heteroatoms. The molecule has 3 aliphatic rings. The van der Waals surface area contributed by atoms with Crippen molar-refractivity contribution in [1.29, 1.82) is 0 Å². The summed E-state index contributed by atoms with van der Waals surface area (Å²) >= 11 is 0. The summed E-state index contributed by atoms with van der Waals surface area (Å²) < 4.78 is 26.5. The number of piperidine rings is 1. The molecule has 41 heavy (non-hydrogen) atoms. The second-order valence-corrected chi connectivity index (χ2v) is 11.3. The van der Waals surface area contributed by atoms with E-state index in [1.54, 1.807) is 24.0 Å². The van der Waals surface area contributed by atoms with Gasteiger partial charge in [-0.2, -0.15) is 0 Å². The van der Waals surface area contributed by atoms with Gasteiger partial charge in [-0.15, -0.1) is 0 Å². The third-order valence-corrected chi connectivity index (χ3v) is 8.65. The quantitative estimate of drug-likeness (QED) is 0.414. The smallest absolute Gasteiger partial charge is 0.257 e. The fraction of sp³-hybridized carbons (Fsp3) is 0.394. The second-order valence-electron chi connectivity index (χ2n) is 11.3. The number of aryl methyl sites for hydroxylation is 1. The van der Waals surface area contributed by atoms with Gasteiger partial charge < -0.3 is 25.0 Å². The molecule has 3 saturated heterocycles. The van der Waals surface area contributed by atoms with Crippen molar-refractivity contribution in [1.82, 2.24) is 4.90 Å². The summed E-state index contributed by atoms with van der Waals surface area (Å²) in [6.45, 7) is 4.05. The van der Waals surface area contributed by atoms with Gasteiger partial charge in [0.25, 0.3) is 5.91 Å². The van der Waals surface area contributed by atoms with Crippen molar-refractivity contribution >= 4 is 23.2 Å². The van der Waals surface area contributed by atoms with Crippen LogP contribution >= 0.6 is 0 Å². The number of ether oxygens (including phenoxy) is 2. The van der Waals surface area contributed by atoms with Gasteiger partial charge in [0.05, 0.1) is 36.8 Å². The minimum atomic E-state index is -0.592. The highest BCUT2D eigenvalue weighted by molar-refractivity contribution is 5.98. The van der Waals surface area contributed by atoms with Crippen molar-refractivity contribution in [2.75, 3.05) is 37.1 Å². The minimum Gasteiger partial charge on any atom is -0.382 e. The summed E-state index contributed by atoms with van der Waals surface area (Å²) in [7, 11) is 0. The van der Waals surface area contributed by atoms with Crippen LogP contribution in [0, 0.1) is 24.6 Å². The molecular weight excluding hydrogens is 521 g/mol. The molecule has 3 aromatic carbocycles. The largest absolute Gasteiger partial charge is 0.382 e. The molecular formula is C33H36FN3O4. The SMILES string of the molecule is Cc1cccc(F)c1C(=O)N1C2COCC2CC(C(=O)Nc2ccccc2)C1c1ccc(NC2CCOCC2)cc1. The first-order valence-electron chi connectivity index (χ1n) is 14.5. The lowest BCUT2D eigenvalue weighted by Gasteiger charge is -2.47. The number of hydrogen-bond donors (Lipinski definition) is 2. The van der Waals surface area contributed by atoms with Crippen LogP contribution in [0.2, 0.25) is 0 Å². The Morgan fingerprint density at radius 3 is 2.37 bits per heavy atom. The molecule has 0 spiro atoms. The number of carbonyl (C=O) groups excluding carboxylic acids is 2. The lowest BCUT2D eigenvalue weighted by atomic mass is 9.76. The van der Waals surface area contributed by atoms with Gasteiger partial charge >= 0.3 is 0 Å². The molecule has 0 saturated carbocycles. The van der Waals surface area contributed by atoms with Gasteiger partial charge in [0.15, 0.2) is 0 Å². The number of anilines is 2. The molecule has 0 radical (unpaired) electrons. The number of nitrogens with zero attached hydrogens (tertiary/aromatic N) is 1. The van der Waals surface area contributed by atoms with Gasteiger partial charge in [-0.1, -0.05) is 42.5 Å². The van der Waals surface area contributed by atoms with Crippen LogP contribution in [0.15, 0.2) is 72.8 Å². The summed E-state index contributed by atoms with van der Waals surface area (Å²) in [6.07, 6.45) is 2.45. The first-order valence-corrected chi connectivity index (χ1v) is 14.5. The van der Waals surface area contributed by atoms with Gasteiger partial charge in [0.2, 0.25) is 5.91 Å². The van der Waals surface area contributed by atoms with Crippen LogP contribution in [0.1, 0.15) is 46.8 Å². The number of para-hydroxylation sites is 1. The van der Waals surface area contributed by atoms with Crippen molar-refractivity contribution in [2.45, 2.75) is 44.3 Å². The van der Waals surface area contributed by atoms with Gasteiger partial charge in [-0.25, -0.2) is 4.39 Å². The van der Waals surface area contributed by atoms with Crippen molar-refractivity contribution in [3.05, 3.63) is 95.3 Å². The first-order chi connectivity index (χ1) is 20.0. The van der Waals surface area contributed by atoms with Crippen LogP contribution in [-0.2, 0) is 14.3 Å². The Labute approximate surface area is 240 Å². The topological polar surface area (TPSA) is 79.9 Å². The molecule has 3 heterocycles. The number of hydrogen-bond acceptors (Lipinski definition) is 5. The zero-order valence-corrected chi connectivity index (χ0v) is 23.2. The van der Waals surface area contributed by atoms with Crippen molar-refractivity contribution < 1.29 is 23.5 Å².